The lowest BCUT2D eigenvalue weighted by atomic mass is 10.1. The molecule has 0 bridgehead atoms. The molecule has 1 aliphatic rings. The Labute approximate surface area is 166 Å². The number of nitrogens with one attached hydrogen (secondary N) is 1. The lowest BCUT2D eigenvalue weighted by Gasteiger charge is -2.08. The Balaban J connectivity index is 1.56. The van der Waals surface area contributed by atoms with E-state index in [1.54, 1.807) is 13.8 Å². The van der Waals surface area contributed by atoms with Gasteiger partial charge in [-0.1, -0.05) is 11.6 Å². The molecule has 1 aromatic carbocycles. The Morgan fingerprint density at radius 1 is 1.18 bits per heavy atom. The van der Waals surface area contributed by atoms with Gasteiger partial charge in [-0.3, -0.25) is 9.78 Å². The molecular formula is C17H11ClF2N4O3S. The molecule has 7 nitrogen and oxygen atoms in total. The predicted molar refractivity (Wildman–Crippen MR) is 98.2 cm³/mol. The van der Waals surface area contributed by atoms with Crippen LogP contribution < -0.4 is 14.8 Å². The van der Waals surface area contributed by atoms with E-state index in [2.05, 4.69) is 29.1 Å². The standard InChI is InChI=1S/C17H11ClF2N4O3S/c1-7-3-11-12(27-17(19,20)26-11)4-9(7)10-5-22-13(6-21-10)23-16(25)15-14(18)8(2)28-24-15/h3-6H,1-2H3,(H,22,23,25). The first-order valence-corrected chi connectivity index (χ1v) is 9.04. The van der Waals surface area contributed by atoms with E-state index in [0.29, 0.717) is 21.8 Å². The van der Waals surface area contributed by atoms with E-state index >= 15 is 0 Å². The number of rotatable bonds is 3. The van der Waals surface area contributed by atoms with Gasteiger partial charge in [0.2, 0.25) is 0 Å². The number of benzene rings is 1. The number of fused-ring (bicyclic) bond motifs is 1. The summed E-state index contributed by atoms with van der Waals surface area (Å²) in [5.74, 6) is -0.435. The van der Waals surface area contributed by atoms with Gasteiger partial charge in [-0.25, -0.2) is 4.98 Å². The summed E-state index contributed by atoms with van der Waals surface area (Å²) < 4.78 is 39.3. The van der Waals surface area contributed by atoms with Crippen LogP contribution in [0.3, 0.4) is 0 Å². The summed E-state index contributed by atoms with van der Waals surface area (Å²) in [7, 11) is 0. The highest BCUT2D eigenvalue weighted by atomic mass is 35.5. The average molecular weight is 425 g/mol. The van der Waals surface area contributed by atoms with Crippen LogP contribution in [0.15, 0.2) is 24.5 Å². The summed E-state index contributed by atoms with van der Waals surface area (Å²) in [5, 5.41) is 2.85. The minimum Gasteiger partial charge on any atom is -0.395 e. The van der Waals surface area contributed by atoms with Gasteiger partial charge in [-0.05, 0) is 43.1 Å². The van der Waals surface area contributed by atoms with Crippen molar-refractivity contribution in [2.45, 2.75) is 20.1 Å². The maximum atomic E-state index is 13.2. The fourth-order valence-electron chi connectivity index (χ4n) is 2.58. The number of carbonyl (C=O) groups is 1. The monoisotopic (exact) mass is 424 g/mol. The van der Waals surface area contributed by atoms with Crippen LogP contribution in [0.25, 0.3) is 11.3 Å². The summed E-state index contributed by atoms with van der Waals surface area (Å²) in [4.78, 5) is 21.3. The Hall–Kier alpha value is -2.85. The zero-order valence-corrected chi connectivity index (χ0v) is 16.0. The number of halogens is 3. The number of aromatic nitrogens is 3. The van der Waals surface area contributed by atoms with Crippen LogP contribution in [-0.4, -0.2) is 26.5 Å². The summed E-state index contributed by atoms with van der Waals surface area (Å²) in [6.07, 6.45) is -0.937. The molecule has 0 spiro atoms. The third kappa shape index (κ3) is 3.36. The fourth-order valence-corrected chi connectivity index (χ4v) is 3.44. The minimum atomic E-state index is -3.69. The molecule has 0 saturated carbocycles. The highest BCUT2D eigenvalue weighted by Crippen LogP contribution is 2.44. The highest BCUT2D eigenvalue weighted by Gasteiger charge is 2.43. The molecule has 0 aliphatic carbocycles. The van der Waals surface area contributed by atoms with E-state index in [1.165, 1.54) is 24.5 Å². The van der Waals surface area contributed by atoms with E-state index in [-0.39, 0.29) is 23.0 Å². The van der Waals surface area contributed by atoms with Crippen molar-refractivity contribution in [2.24, 2.45) is 0 Å². The molecule has 0 radical (unpaired) electrons. The molecule has 1 N–H and O–H groups in total. The molecule has 3 aromatic rings. The van der Waals surface area contributed by atoms with Crippen molar-refractivity contribution in [3.05, 3.63) is 45.7 Å². The smallest absolute Gasteiger partial charge is 0.395 e. The first kappa shape index (κ1) is 18.5. The second-order valence-electron chi connectivity index (χ2n) is 5.92. The lowest BCUT2D eigenvalue weighted by Crippen LogP contribution is -2.25. The Bertz CT molecular complexity index is 1090. The third-order valence-corrected chi connectivity index (χ3v) is 5.25. The number of carbonyl (C=O) groups excluding carboxylic acids is 1. The van der Waals surface area contributed by atoms with E-state index in [1.807, 2.05) is 0 Å². The molecule has 3 heterocycles. The number of anilines is 1. The summed E-state index contributed by atoms with van der Waals surface area (Å²) in [6, 6.07) is 2.85. The van der Waals surface area contributed by atoms with Crippen molar-refractivity contribution in [3.63, 3.8) is 0 Å². The van der Waals surface area contributed by atoms with Gasteiger partial charge in [-0.15, -0.1) is 8.78 Å². The summed E-state index contributed by atoms with van der Waals surface area (Å²) in [6.45, 7) is 3.48. The van der Waals surface area contributed by atoms with Crippen LogP contribution in [-0.2, 0) is 0 Å². The number of ether oxygens (including phenoxy) is 2. The van der Waals surface area contributed by atoms with Crippen molar-refractivity contribution in [1.82, 2.24) is 14.3 Å². The summed E-state index contributed by atoms with van der Waals surface area (Å²) >= 11 is 7.16. The highest BCUT2D eigenvalue weighted by molar-refractivity contribution is 7.06. The van der Waals surface area contributed by atoms with E-state index in [9.17, 15) is 13.6 Å². The molecule has 0 unspecified atom stereocenters. The van der Waals surface area contributed by atoms with Crippen molar-refractivity contribution < 1.29 is 23.0 Å². The minimum absolute atomic E-state index is 0.0430. The molecular weight excluding hydrogens is 414 g/mol. The number of hydrogen-bond donors (Lipinski definition) is 1. The number of hydrogen-bond acceptors (Lipinski definition) is 7. The Kier molecular flexibility index (Phi) is 4.39. The van der Waals surface area contributed by atoms with E-state index in [0.717, 1.165) is 16.4 Å². The second-order valence-corrected chi connectivity index (χ2v) is 7.28. The molecule has 11 heteroatoms. The van der Waals surface area contributed by atoms with Crippen LogP contribution in [0.5, 0.6) is 11.5 Å². The van der Waals surface area contributed by atoms with E-state index in [4.69, 9.17) is 11.6 Å². The average Bonchev–Trinajstić information content (AvgIpc) is 3.12. The largest absolute Gasteiger partial charge is 0.586 e. The Morgan fingerprint density at radius 2 is 1.89 bits per heavy atom. The second kappa shape index (κ2) is 6.64. The number of amides is 1. The van der Waals surface area contributed by atoms with Crippen molar-refractivity contribution in [1.29, 1.82) is 0 Å². The van der Waals surface area contributed by atoms with Crippen LogP contribution >= 0.6 is 23.1 Å². The van der Waals surface area contributed by atoms with Gasteiger partial charge in [0.15, 0.2) is 23.0 Å². The Morgan fingerprint density at radius 3 is 2.50 bits per heavy atom. The number of alkyl halides is 2. The van der Waals surface area contributed by atoms with Gasteiger partial charge in [0.25, 0.3) is 5.91 Å². The molecule has 1 aliphatic heterocycles. The first-order valence-electron chi connectivity index (χ1n) is 7.89. The van der Waals surface area contributed by atoms with Crippen molar-refractivity contribution in [3.8, 4) is 22.8 Å². The molecule has 1 amide bonds. The molecule has 2 aromatic heterocycles. The van der Waals surface area contributed by atoms with Crippen LogP contribution in [0, 0.1) is 13.8 Å². The van der Waals surface area contributed by atoms with Crippen LogP contribution in [0.1, 0.15) is 20.9 Å². The molecule has 4 rings (SSSR count). The topological polar surface area (TPSA) is 86.2 Å². The molecule has 28 heavy (non-hydrogen) atoms. The molecule has 144 valence electrons. The van der Waals surface area contributed by atoms with Crippen molar-refractivity contribution in [2.75, 3.05) is 5.32 Å². The van der Waals surface area contributed by atoms with E-state index < -0.39 is 12.2 Å². The fraction of sp³-hybridized carbons (Fsp3) is 0.176. The third-order valence-electron chi connectivity index (χ3n) is 3.92. The molecule has 0 atom stereocenters. The maximum Gasteiger partial charge on any atom is 0.586 e. The quantitative estimate of drug-likeness (QED) is 0.668. The zero-order chi connectivity index (χ0) is 20.1. The van der Waals surface area contributed by atoms with Crippen molar-refractivity contribution >= 4 is 34.9 Å². The molecule has 0 fully saturated rings. The number of nitrogens with zero attached hydrogens (tertiary/aromatic N) is 3. The zero-order valence-electron chi connectivity index (χ0n) is 14.4. The lowest BCUT2D eigenvalue weighted by molar-refractivity contribution is -0.286. The molecule has 0 saturated heterocycles. The summed E-state index contributed by atoms with van der Waals surface area (Å²) in [5.41, 5.74) is 1.72. The number of aryl methyl sites for hydroxylation is 2. The van der Waals surface area contributed by atoms with Gasteiger partial charge in [-0.2, -0.15) is 4.37 Å². The van der Waals surface area contributed by atoms with Crippen LogP contribution in [0.4, 0.5) is 14.6 Å². The van der Waals surface area contributed by atoms with Gasteiger partial charge in [0.05, 0.1) is 23.1 Å². The SMILES string of the molecule is Cc1cc2c(cc1-c1cnc(NC(=O)c3nsc(C)c3Cl)cn1)OC(F)(F)O2. The van der Waals surface area contributed by atoms with Gasteiger partial charge >= 0.3 is 6.29 Å². The van der Waals surface area contributed by atoms with Crippen LogP contribution in [0.2, 0.25) is 5.02 Å². The first-order chi connectivity index (χ1) is 13.2. The predicted octanol–water partition coefficient (Wildman–Crippen LogP) is 4.44. The normalized spacial score (nSPS) is 14.2. The van der Waals surface area contributed by atoms with Gasteiger partial charge < -0.3 is 14.8 Å². The van der Waals surface area contributed by atoms with Gasteiger partial charge in [0.1, 0.15) is 0 Å². The van der Waals surface area contributed by atoms with Gasteiger partial charge in [0, 0.05) is 10.4 Å². The maximum absolute atomic E-state index is 13.2.